The van der Waals surface area contributed by atoms with Crippen molar-refractivity contribution in [1.82, 2.24) is 0 Å². The molecule has 1 heteroatoms. The van der Waals surface area contributed by atoms with Crippen molar-refractivity contribution in [1.29, 1.82) is 0 Å². The fourth-order valence-corrected chi connectivity index (χ4v) is 11.5. The molecule has 0 atom stereocenters. The molecule has 1 aliphatic rings. The summed E-state index contributed by atoms with van der Waals surface area (Å²) in [6, 6.07) is 60.8. The van der Waals surface area contributed by atoms with Gasteiger partial charge in [0, 0.05) is 5.29 Å². The molecule has 0 saturated carbocycles. The van der Waals surface area contributed by atoms with Gasteiger partial charge in [-0.25, -0.2) is 0 Å². The molecule has 0 bridgehead atoms. The molecule has 0 N–H and O–H groups in total. The Hall–Kier alpha value is -4.64. The van der Waals surface area contributed by atoms with E-state index in [-0.39, 0.29) is 0 Å². The first-order valence-electron chi connectivity index (χ1n) is 13.9. The Morgan fingerprint density at radius 3 is 1.10 bits per heavy atom. The van der Waals surface area contributed by atoms with E-state index >= 15 is 0 Å². The van der Waals surface area contributed by atoms with E-state index in [0.717, 1.165) is 0 Å². The summed E-state index contributed by atoms with van der Waals surface area (Å²) in [5.41, 5.74) is 5.44. The van der Waals surface area contributed by atoms with Gasteiger partial charge in [-0.1, -0.05) is 164 Å². The van der Waals surface area contributed by atoms with Crippen LogP contribution in [0.3, 0.4) is 0 Å². The maximum Gasteiger partial charge on any atom is 0.000880 e. The van der Waals surface area contributed by atoms with Crippen LogP contribution in [0.5, 0.6) is 0 Å². The van der Waals surface area contributed by atoms with Crippen molar-refractivity contribution in [2.75, 3.05) is 0 Å². The van der Waals surface area contributed by atoms with Crippen LogP contribution in [0.1, 0.15) is 11.1 Å². The zero-order chi connectivity index (χ0) is 26.5. The molecule has 0 unspecified atom stereocenters. The number of fused-ring (bicyclic) bond motifs is 8. The number of rotatable bonds is 3. The van der Waals surface area contributed by atoms with E-state index in [9.17, 15) is 0 Å². The molecule has 0 nitrogen and oxygen atoms in total. The quantitative estimate of drug-likeness (QED) is 0.160. The van der Waals surface area contributed by atoms with E-state index in [0.29, 0.717) is 0 Å². The molecule has 0 aromatic heterocycles. The van der Waals surface area contributed by atoms with Crippen LogP contribution in [-0.4, -0.2) is 5.29 Å². The predicted molar refractivity (Wildman–Crippen MR) is 175 cm³/mol. The van der Waals surface area contributed by atoms with Gasteiger partial charge in [-0.15, -0.1) is 0 Å². The SMILES string of the molecule is c1ccc(P(=C2c3ccccc3-c3c2c2ccccc2c2ccccc32)(c2ccccc2)c2ccccc2)cc1. The average Bonchev–Trinajstić information content (AvgIpc) is 3.39. The Kier molecular flexibility index (Phi) is 5.37. The van der Waals surface area contributed by atoms with Crippen LogP contribution in [-0.2, 0) is 0 Å². The molecular weight excluding hydrogens is 499 g/mol. The summed E-state index contributed by atoms with van der Waals surface area (Å²) in [7, 11) is 0. The van der Waals surface area contributed by atoms with Gasteiger partial charge >= 0.3 is 0 Å². The maximum absolute atomic E-state index is 2.36. The van der Waals surface area contributed by atoms with Gasteiger partial charge in [-0.2, -0.15) is 0 Å². The first kappa shape index (κ1) is 23.3. The van der Waals surface area contributed by atoms with Crippen molar-refractivity contribution in [2.24, 2.45) is 0 Å². The van der Waals surface area contributed by atoms with Gasteiger partial charge in [0.05, 0.1) is 0 Å². The smallest absolute Gasteiger partial charge is 0.000880 e. The van der Waals surface area contributed by atoms with Crippen molar-refractivity contribution >= 4 is 49.6 Å². The van der Waals surface area contributed by atoms with Crippen LogP contribution >= 0.6 is 6.89 Å². The summed E-state index contributed by atoms with van der Waals surface area (Å²) in [5, 5.41) is 10.9. The lowest BCUT2D eigenvalue weighted by Gasteiger charge is -2.33. The Labute approximate surface area is 235 Å². The Balaban J connectivity index is 1.75. The molecule has 7 aromatic rings. The van der Waals surface area contributed by atoms with Gasteiger partial charge < -0.3 is 0 Å². The largest absolute Gasteiger partial charge is 0.0622 e. The number of hydrogen-bond acceptors (Lipinski definition) is 0. The van der Waals surface area contributed by atoms with E-state index in [1.54, 1.807) is 0 Å². The summed E-state index contributed by atoms with van der Waals surface area (Å²) in [5.74, 6) is 0. The highest BCUT2D eigenvalue weighted by Gasteiger charge is 2.38. The average molecular weight is 527 g/mol. The normalized spacial score (nSPS) is 12.4. The van der Waals surface area contributed by atoms with Crippen molar-refractivity contribution in [2.45, 2.75) is 0 Å². The molecule has 1 aliphatic carbocycles. The minimum Gasteiger partial charge on any atom is -0.0622 e. The van der Waals surface area contributed by atoms with Gasteiger partial charge in [0.1, 0.15) is 0 Å². The molecule has 8 rings (SSSR count). The molecule has 0 saturated heterocycles. The number of hydrogen-bond donors (Lipinski definition) is 0. The van der Waals surface area contributed by atoms with Crippen LogP contribution in [0.4, 0.5) is 0 Å². The second-order valence-corrected chi connectivity index (χ2v) is 13.8. The first-order chi connectivity index (χ1) is 19.9. The van der Waals surface area contributed by atoms with Gasteiger partial charge in [0.15, 0.2) is 0 Å². The second kappa shape index (κ2) is 9.23. The van der Waals surface area contributed by atoms with Crippen LogP contribution in [0.15, 0.2) is 164 Å². The third kappa shape index (κ3) is 3.21. The summed E-state index contributed by atoms with van der Waals surface area (Å²) >= 11 is 0. The lowest BCUT2D eigenvalue weighted by atomic mass is 9.92. The summed E-state index contributed by atoms with van der Waals surface area (Å²) in [6.07, 6.45) is 0. The van der Waals surface area contributed by atoms with E-state index < -0.39 is 6.89 Å². The lowest BCUT2D eigenvalue weighted by molar-refractivity contribution is 1.68. The minimum absolute atomic E-state index is 1.31. The second-order valence-electron chi connectivity index (χ2n) is 10.4. The Morgan fingerprint density at radius 2 is 0.625 bits per heavy atom. The molecular formula is C39H27P. The van der Waals surface area contributed by atoms with Gasteiger partial charge in [0.2, 0.25) is 0 Å². The summed E-state index contributed by atoms with van der Waals surface area (Å²) in [6.45, 7) is -2.33. The van der Waals surface area contributed by atoms with E-state index in [1.165, 1.54) is 65.0 Å². The molecule has 0 spiro atoms. The maximum atomic E-state index is 2.36. The molecule has 0 aliphatic heterocycles. The summed E-state index contributed by atoms with van der Waals surface area (Å²) < 4.78 is 0. The van der Waals surface area contributed by atoms with E-state index in [2.05, 4.69) is 164 Å². The summed E-state index contributed by atoms with van der Waals surface area (Å²) in [4.78, 5) is 0. The third-order valence-corrected chi connectivity index (χ3v) is 12.7. The van der Waals surface area contributed by atoms with Crippen LogP contribution in [0, 0.1) is 0 Å². The van der Waals surface area contributed by atoms with Crippen molar-refractivity contribution in [3.63, 3.8) is 0 Å². The lowest BCUT2D eigenvalue weighted by Crippen LogP contribution is -2.30. The Morgan fingerprint density at radius 1 is 0.275 bits per heavy atom. The highest BCUT2D eigenvalue weighted by Crippen LogP contribution is 2.56. The van der Waals surface area contributed by atoms with Crippen LogP contribution in [0.2, 0.25) is 0 Å². The molecule has 0 radical (unpaired) electrons. The molecule has 188 valence electrons. The third-order valence-electron chi connectivity index (χ3n) is 8.39. The highest BCUT2D eigenvalue weighted by molar-refractivity contribution is 7.96. The van der Waals surface area contributed by atoms with Gasteiger partial charge in [0.25, 0.3) is 0 Å². The Bertz CT molecular complexity index is 1990. The first-order valence-corrected chi connectivity index (χ1v) is 15.6. The van der Waals surface area contributed by atoms with E-state index in [4.69, 9.17) is 0 Å². The van der Waals surface area contributed by atoms with Gasteiger partial charge in [-0.05, 0) is 66.6 Å². The van der Waals surface area contributed by atoms with Crippen LogP contribution in [0.25, 0.3) is 32.7 Å². The van der Waals surface area contributed by atoms with Crippen molar-refractivity contribution in [3.8, 4) is 11.1 Å². The zero-order valence-electron chi connectivity index (χ0n) is 22.0. The topological polar surface area (TPSA) is 0 Å². The van der Waals surface area contributed by atoms with E-state index in [1.807, 2.05) is 0 Å². The molecule has 40 heavy (non-hydrogen) atoms. The monoisotopic (exact) mass is 526 g/mol. The van der Waals surface area contributed by atoms with Crippen molar-refractivity contribution < 1.29 is 0 Å². The fourth-order valence-electron chi connectivity index (χ4n) is 6.85. The van der Waals surface area contributed by atoms with Gasteiger partial charge in [-0.3, -0.25) is 0 Å². The minimum atomic E-state index is -2.33. The van der Waals surface area contributed by atoms with Crippen LogP contribution < -0.4 is 15.9 Å². The fraction of sp³-hybridized carbons (Fsp3) is 0. The number of benzene rings is 7. The molecule has 0 heterocycles. The molecule has 7 aromatic carbocycles. The van der Waals surface area contributed by atoms with Crippen molar-refractivity contribution in [3.05, 3.63) is 175 Å². The predicted octanol–water partition coefficient (Wildman–Crippen LogP) is 8.54. The highest BCUT2D eigenvalue weighted by atomic mass is 31.2. The standard InChI is InChI=1S/C39H27P/c1-4-16-28(17-5-1)40(29-18-6-2-7-19-29,30-20-8-3-9-21-30)39-36-27-15-14-26-35(36)37-33-24-12-10-22-31(33)32-23-11-13-25-34(32)38(37)39/h1-27H. The molecule has 0 fully saturated rings. The molecule has 0 amide bonds. The zero-order valence-corrected chi connectivity index (χ0v) is 22.9.